The van der Waals surface area contributed by atoms with Gasteiger partial charge in [0.05, 0.1) is 6.26 Å². The van der Waals surface area contributed by atoms with E-state index in [-0.39, 0.29) is 17.6 Å². The molecule has 3 rings (SSSR count). The van der Waals surface area contributed by atoms with Gasteiger partial charge in [-0.05, 0) is 48.5 Å². The molecule has 2 aromatic carbocycles. The van der Waals surface area contributed by atoms with Crippen molar-refractivity contribution in [3.63, 3.8) is 0 Å². The Bertz CT molecular complexity index is 875. The van der Waals surface area contributed by atoms with Crippen molar-refractivity contribution in [2.45, 2.75) is 0 Å². The summed E-state index contributed by atoms with van der Waals surface area (Å²) in [5, 5.41) is 5.97. The highest BCUT2D eigenvalue weighted by Crippen LogP contribution is 2.17. The first kappa shape index (κ1) is 15.8. The maximum atomic E-state index is 12.3. The quantitative estimate of drug-likeness (QED) is 0.737. The van der Waals surface area contributed by atoms with Crippen LogP contribution in [-0.2, 0) is 0 Å². The Labute approximate surface area is 143 Å². The van der Waals surface area contributed by atoms with Gasteiger partial charge in [0.2, 0.25) is 0 Å². The molecule has 0 saturated heterocycles. The van der Waals surface area contributed by atoms with Gasteiger partial charge in [-0.25, -0.2) is 0 Å². The molecule has 0 radical (unpaired) electrons. The van der Waals surface area contributed by atoms with E-state index in [0.717, 1.165) is 0 Å². The second kappa shape index (κ2) is 7.02. The molecule has 0 saturated carbocycles. The Morgan fingerprint density at radius 2 is 1.54 bits per heavy atom. The first-order valence-electron chi connectivity index (χ1n) is 7.14. The SMILES string of the molecule is O=C(Nc1cccc(Cl)c1)c1cccc(NC(=O)c2ccco2)c1. The molecule has 3 aromatic rings. The number of anilines is 2. The molecule has 6 heteroatoms. The van der Waals surface area contributed by atoms with Crippen LogP contribution < -0.4 is 10.6 Å². The zero-order valence-corrected chi connectivity index (χ0v) is 13.2. The fourth-order valence-corrected chi connectivity index (χ4v) is 2.30. The highest BCUT2D eigenvalue weighted by atomic mass is 35.5. The van der Waals surface area contributed by atoms with E-state index in [2.05, 4.69) is 10.6 Å². The zero-order chi connectivity index (χ0) is 16.9. The van der Waals surface area contributed by atoms with Crippen LogP contribution in [0.25, 0.3) is 0 Å². The minimum absolute atomic E-state index is 0.198. The van der Waals surface area contributed by atoms with Gasteiger partial charge < -0.3 is 15.1 Å². The molecule has 0 unspecified atom stereocenters. The van der Waals surface area contributed by atoms with Gasteiger partial charge in [-0.3, -0.25) is 9.59 Å². The Kier molecular flexibility index (Phi) is 4.63. The number of carbonyl (C=O) groups is 2. The van der Waals surface area contributed by atoms with Crippen molar-refractivity contribution in [2.75, 3.05) is 10.6 Å². The number of furan rings is 1. The van der Waals surface area contributed by atoms with Crippen LogP contribution in [0.1, 0.15) is 20.9 Å². The van der Waals surface area contributed by atoms with Crippen LogP contribution in [0.3, 0.4) is 0 Å². The maximum absolute atomic E-state index is 12.3. The van der Waals surface area contributed by atoms with Gasteiger partial charge in [0.15, 0.2) is 5.76 Å². The maximum Gasteiger partial charge on any atom is 0.291 e. The summed E-state index contributed by atoms with van der Waals surface area (Å²) in [5.74, 6) is -0.484. The largest absolute Gasteiger partial charge is 0.459 e. The molecule has 0 aliphatic carbocycles. The highest BCUT2D eigenvalue weighted by molar-refractivity contribution is 6.31. The number of amides is 2. The van der Waals surface area contributed by atoms with Gasteiger partial charge in [0.25, 0.3) is 11.8 Å². The number of halogens is 1. The third-order valence-electron chi connectivity index (χ3n) is 3.21. The van der Waals surface area contributed by atoms with E-state index in [1.807, 2.05) is 0 Å². The molecule has 120 valence electrons. The molecule has 0 spiro atoms. The average Bonchev–Trinajstić information content (AvgIpc) is 3.10. The minimum Gasteiger partial charge on any atom is -0.459 e. The lowest BCUT2D eigenvalue weighted by Crippen LogP contribution is -2.14. The minimum atomic E-state index is -0.382. The second-order valence-electron chi connectivity index (χ2n) is 4.98. The first-order chi connectivity index (χ1) is 11.6. The van der Waals surface area contributed by atoms with Gasteiger partial charge in [-0.15, -0.1) is 0 Å². The molecule has 1 aromatic heterocycles. The van der Waals surface area contributed by atoms with Crippen molar-refractivity contribution in [2.24, 2.45) is 0 Å². The van der Waals surface area contributed by atoms with Crippen LogP contribution in [0.4, 0.5) is 11.4 Å². The molecular weight excluding hydrogens is 328 g/mol. The molecule has 0 atom stereocenters. The van der Waals surface area contributed by atoms with Crippen molar-refractivity contribution in [1.29, 1.82) is 0 Å². The Morgan fingerprint density at radius 1 is 0.833 bits per heavy atom. The summed E-state index contributed by atoms with van der Waals surface area (Å²) in [6.45, 7) is 0. The van der Waals surface area contributed by atoms with Crippen LogP contribution in [-0.4, -0.2) is 11.8 Å². The summed E-state index contributed by atoms with van der Waals surface area (Å²) in [5.41, 5.74) is 1.50. The predicted octanol–water partition coefficient (Wildman–Crippen LogP) is 4.44. The van der Waals surface area contributed by atoms with Gasteiger partial charge >= 0.3 is 0 Å². The number of nitrogens with one attached hydrogen (secondary N) is 2. The summed E-state index contributed by atoms with van der Waals surface area (Å²) < 4.78 is 5.03. The second-order valence-corrected chi connectivity index (χ2v) is 5.41. The Morgan fingerprint density at radius 3 is 2.25 bits per heavy atom. The van der Waals surface area contributed by atoms with Crippen molar-refractivity contribution in [3.05, 3.63) is 83.3 Å². The van der Waals surface area contributed by atoms with Crippen molar-refractivity contribution < 1.29 is 14.0 Å². The third kappa shape index (κ3) is 3.83. The molecule has 24 heavy (non-hydrogen) atoms. The third-order valence-corrected chi connectivity index (χ3v) is 3.45. The summed E-state index contributed by atoms with van der Waals surface area (Å²) >= 11 is 5.90. The number of carbonyl (C=O) groups excluding carboxylic acids is 2. The summed E-state index contributed by atoms with van der Waals surface area (Å²) in [6, 6.07) is 16.7. The van der Waals surface area contributed by atoms with E-state index in [9.17, 15) is 9.59 Å². The topological polar surface area (TPSA) is 71.3 Å². The van der Waals surface area contributed by atoms with Gasteiger partial charge in [-0.2, -0.15) is 0 Å². The fraction of sp³-hybridized carbons (Fsp3) is 0. The van der Waals surface area contributed by atoms with Gasteiger partial charge in [-0.1, -0.05) is 23.7 Å². The summed E-state index contributed by atoms with van der Waals surface area (Å²) in [4.78, 5) is 24.3. The van der Waals surface area contributed by atoms with E-state index >= 15 is 0 Å². The molecule has 2 amide bonds. The molecule has 0 fully saturated rings. The molecular formula is C18H13ClN2O3. The number of hydrogen-bond acceptors (Lipinski definition) is 3. The van der Waals surface area contributed by atoms with Gasteiger partial charge in [0, 0.05) is 22.0 Å². The van der Waals surface area contributed by atoms with E-state index in [1.54, 1.807) is 60.7 Å². The molecule has 0 bridgehead atoms. The molecule has 0 aliphatic rings. The standard InChI is InChI=1S/C18H13ClN2O3/c19-13-5-2-7-15(11-13)20-17(22)12-4-1-6-14(10-12)21-18(23)16-8-3-9-24-16/h1-11H,(H,20,22)(H,21,23). The molecule has 5 nitrogen and oxygen atoms in total. The van der Waals surface area contributed by atoms with E-state index in [4.69, 9.17) is 16.0 Å². The Hall–Kier alpha value is -3.05. The number of rotatable bonds is 4. The van der Waals surface area contributed by atoms with Crippen LogP contribution in [0, 0.1) is 0 Å². The molecule has 0 aliphatic heterocycles. The normalized spacial score (nSPS) is 10.2. The van der Waals surface area contributed by atoms with Crippen molar-refractivity contribution in [3.8, 4) is 0 Å². The first-order valence-corrected chi connectivity index (χ1v) is 7.51. The molecule has 1 heterocycles. The molecule has 2 N–H and O–H groups in total. The smallest absolute Gasteiger partial charge is 0.291 e. The van der Waals surface area contributed by atoms with E-state index in [1.165, 1.54) is 6.26 Å². The van der Waals surface area contributed by atoms with Crippen LogP contribution in [0.5, 0.6) is 0 Å². The summed E-state index contributed by atoms with van der Waals surface area (Å²) in [7, 11) is 0. The predicted molar refractivity (Wildman–Crippen MR) is 92.5 cm³/mol. The van der Waals surface area contributed by atoms with Crippen LogP contribution >= 0.6 is 11.6 Å². The highest BCUT2D eigenvalue weighted by Gasteiger charge is 2.11. The lowest BCUT2D eigenvalue weighted by molar-refractivity contribution is 0.0993. The van der Waals surface area contributed by atoms with Crippen LogP contribution in [0.15, 0.2) is 71.3 Å². The number of benzene rings is 2. The summed E-state index contributed by atoms with van der Waals surface area (Å²) in [6.07, 6.45) is 1.42. The Balaban J connectivity index is 1.72. The average molecular weight is 341 g/mol. The van der Waals surface area contributed by atoms with E-state index in [0.29, 0.717) is 22.0 Å². The monoisotopic (exact) mass is 340 g/mol. The fourth-order valence-electron chi connectivity index (χ4n) is 2.11. The zero-order valence-electron chi connectivity index (χ0n) is 12.5. The lowest BCUT2D eigenvalue weighted by Gasteiger charge is -2.08. The van der Waals surface area contributed by atoms with Crippen molar-refractivity contribution >= 4 is 34.8 Å². The van der Waals surface area contributed by atoms with Crippen LogP contribution in [0.2, 0.25) is 5.02 Å². The van der Waals surface area contributed by atoms with Gasteiger partial charge in [0.1, 0.15) is 0 Å². The lowest BCUT2D eigenvalue weighted by atomic mass is 10.1. The van der Waals surface area contributed by atoms with E-state index < -0.39 is 0 Å². The van der Waals surface area contributed by atoms with Crippen molar-refractivity contribution in [1.82, 2.24) is 0 Å². The number of hydrogen-bond donors (Lipinski definition) is 2.